The second-order valence-electron chi connectivity index (χ2n) is 12.7. The first-order chi connectivity index (χ1) is 23.1. The van der Waals surface area contributed by atoms with E-state index in [0.29, 0.717) is 0 Å². The SMILES string of the molecule is Cc1ccc2c(c1)c1cc(C)ccc1n2-c1cccc2c1sc1c(-c3ccccc3)cc(-c3ccc4oc5ccccc5c4c3)cc12. The van der Waals surface area contributed by atoms with Gasteiger partial charge in [-0.05, 0) is 91.2 Å². The molecule has 10 aromatic rings. The summed E-state index contributed by atoms with van der Waals surface area (Å²) in [5, 5.41) is 7.47. The second kappa shape index (κ2) is 9.93. The minimum atomic E-state index is 0.918. The molecule has 0 bridgehead atoms. The Morgan fingerprint density at radius 1 is 0.447 bits per heavy atom. The molecule has 0 radical (unpaired) electrons. The van der Waals surface area contributed by atoms with E-state index in [1.54, 1.807) is 0 Å². The van der Waals surface area contributed by atoms with E-state index >= 15 is 0 Å². The van der Waals surface area contributed by atoms with Gasteiger partial charge in [0.25, 0.3) is 0 Å². The van der Waals surface area contributed by atoms with Gasteiger partial charge >= 0.3 is 0 Å². The molecule has 0 fully saturated rings. The van der Waals surface area contributed by atoms with Crippen LogP contribution >= 0.6 is 11.3 Å². The number of furan rings is 1. The van der Waals surface area contributed by atoms with Crippen LogP contribution in [0, 0.1) is 13.8 Å². The molecule has 0 atom stereocenters. The van der Waals surface area contributed by atoms with Crippen molar-refractivity contribution >= 4 is 75.3 Å². The van der Waals surface area contributed by atoms with Crippen LogP contribution in [0.2, 0.25) is 0 Å². The van der Waals surface area contributed by atoms with E-state index < -0.39 is 0 Å². The molecule has 7 aromatic carbocycles. The molecule has 222 valence electrons. The summed E-state index contributed by atoms with van der Waals surface area (Å²) in [4.78, 5) is 0. The fraction of sp³-hybridized carbons (Fsp3) is 0.0455. The van der Waals surface area contributed by atoms with E-state index in [2.05, 4.69) is 146 Å². The van der Waals surface area contributed by atoms with Crippen molar-refractivity contribution in [1.29, 1.82) is 0 Å². The van der Waals surface area contributed by atoms with Crippen LogP contribution in [-0.4, -0.2) is 4.57 Å². The van der Waals surface area contributed by atoms with Gasteiger partial charge in [-0.25, -0.2) is 0 Å². The normalized spacial score (nSPS) is 12.0. The average molecular weight is 620 g/mol. The molecule has 3 aromatic heterocycles. The summed E-state index contributed by atoms with van der Waals surface area (Å²) >= 11 is 1.91. The Balaban J connectivity index is 1.28. The highest BCUT2D eigenvalue weighted by Crippen LogP contribution is 2.46. The second-order valence-corrected chi connectivity index (χ2v) is 13.7. The number of aromatic nitrogens is 1. The van der Waals surface area contributed by atoms with Gasteiger partial charge in [0.1, 0.15) is 11.2 Å². The molecular weight excluding hydrogens is 591 g/mol. The molecule has 0 aliphatic rings. The molecule has 2 nitrogen and oxygen atoms in total. The zero-order chi connectivity index (χ0) is 31.2. The summed E-state index contributed by atoms with van der Waals surface area (Å²) in [6.07, 6.45) is 0. The van der Waals surface area contributed by atoms with Crippen molar-refractivity contribution in [2.45, 2.75) is 13.8 Å². The number of hydrogen-bond donors (Lipinski definition) is 0. The van der Waals surface area contributed by atoms with E-state index in [-0.39, 0.29) is 0 Å². The topological polar surface area (TPSA) is 18.1 Å². The number of fused-ring (bicyclic) bond motifs is 9. The number of para-hydroxylation sites is 1. The molecule has 10 rings (SSSR count). The summed E-state index contributed by atoms with van der Waals surface area (Å²) < 4.78 is 11.3. The molecule has 47 heavy (non-hydrogen) atoms. The minimum Gasteiger partial charge on any atom is -0.456 e. The van der Waals surface area contributed by atoms with Crippen LogP contribution in [0.4, 0.5) is 0 Å². The van der Waals surface area contributed by atoms with Crippen LogP contribution < -0.4 is 0 Å². The van der Waals surface area contributed by atoms with Gasteiger partial charge < -0.3 is 8.98 Å². The van der Waals surface area contributed by atoms with Crippen LogP contribution in [0.1, 0.15) is 11.1 Å². The molecule has 0 saturated heterocycles. The van der Waals surface area contributed by atoms with E-state index in [0.717, 1.165) is 21.9 Å². The molecule has 0 unspecified atom stereocenters. The first-order valence-corrected chi connectivity index (χ1v) is 16.9. The van der Waals surface area contributed by atoms with E-state index in [4.69, 9.17) is 4.42 Å². The largest absolute Gasteiger partial charge is 0.456 e. The first-order valence-electron chi connectivity index (χ1n) is 16.1. The molecule has 3 heteroatoms. The molecule has 0 spiro atoms. The fourth-order valence-corrected chi connectivity index (χ4v) is 8.80. The van der Waals surface area contributed by atoms with Crippen molar-refractivity contribution in [3.8, 4) is 27.9 Å². The maximum atomic E-state index is 6.17. The third kappa shape index (κ3) is 3.97. The van der Waals surface area contributed by atoms with Crippen molar-refractivity contribution in [3.63, 3.8) is 0 Å². The smallest absolute Gasteiger partial charge is 0.135 e. The predicted molar refractivity (Wildman–Crippen MR) is 201 cm³/mol. The molecule has 0 aliphatic heterocycles. The molecule has 0 amide bonds. The van der Waals surface area contributed by atoms with Gasteiger partial charge in [0.2, 0.25) is 0 Å². The average Bonchev–Trinajstić information content (AvgIpc) is 3.77. The number of rotatable bonds is 3. The molecule has 0 aliphatic carbocycles. The van der Waals surface area contributed by atoms with Gasteiger partial charge in [-0.3, -0.25) is 0 Å². The summed E-state index contributed by atoms with van der Waals surface area (Å²) in [6.45, 7) is 4.36. The number of hydrogen-bond acceptors (Lipinski definition) is 2. The Morgan fingerprint density at radius 3 is 1.91 bits per heavy atom. The number of thiophene rings is 1. The lowest BCUT2D eigenvalue weighted by atomic mass is 9.95. The van der Waals surface area contributed by atoms with Gasteiger partial charge in [-0.15, -0.1) is 11.3 Å². The Labute approximate surface area is 275 Å². The highest BCUT2D eigenvalue weighted by Gasteiger charge is 2.19. The van der Waals surface area contributed by atoms with Crippen LogP contribution in [0.15, 0.2) is 144 Å². The van der Waals surface area contributed by atoms with Crippen molar-refractivity contribution < 1.29 is 4.42 Å². The Bertz CT molecular complexity index is 2810. The lowest BCUT2D eigenvalue weighted by Gasteiger charge is -2.10. The van der Waals surface area contributed by atoms with Crippen LogP contribution in [0.5, 0.6) is 0 Å². The number of aryl methyl sites for hydroxylation is 2. The van der Waals surface area contributed by atoms with Crippen molar-refractivity contribution in [2.75, 3.05) is 0 Å². The standard InChI is InChI=1S/C44H29NOS/c1-26-15-18-38-34(21-26)35-22-27(2)16-19-39(35)45(38)40-13-8-12-32-37-25-30(24-33(43(37)47-44(32)40)28-9-4-3-5-10-28)29-17-20-42-36(23-29)31-11-6-7-14-41(31)46-42/h3-25H,1-2H3. The van der Waals surface area contributed by atoms with E-state index in [1.807, 2.05) is 23.5 Å². The Kier molecular flexibility index (Phi) is 5.61. The molecular formula is C44H29NOS. The van der Waals surface area contributed by atoms with Gasteiger partial charge in [0, 0.05) is 42.6 Å². The van der Waals surface area contributed by atoms with Gasteiger partial charge in [-0.2, -0.15) is 0 Å². The van der Waals surface area contributed by atoms with E-state index in [9.17, 15) is 0 Å². The highest BCUT2D eigenvalue weighted by molar-refractivity contribution is 7.26. The third-order valence-electron chi connectivity index (χ3n) is 9.69. The Hall–Kier alpha value is -5.64. The van der Waals surface area contributed by atoms with Crippen molar-refractivity contribution in [3.05, 3.63) is 151 Å². The zero-order valence-corrected chi connectivity index (χ0v) is 26.9. The summed E-state index contributed by atoms with van der Waals surface area (Å²) in [7, 11) is 0. The quantitative estimate of drug-likeness (QED) is 0.192. The summed E-state index contributed by atoms with van der Waals surface area (Å²) in [5.74, 6) is 0. The van der Waals surface area contributed by atoms with Gasteiger partial charge in [0.15, 0.2) is 0 Å². The van der Waals surface area contributed by atoms with Crippen molar-refractivity contribution in [2.24, 2.45) is 0 Å². The lowest BCUT2D eigenvalue weighted by Crippen LogP contribution is -1.94. The fourth-order valence-electron chi connectivity index (χ4n) is 7.48. The maximum absolute atomic E-state index is 6.17. The van der Waals surface area contributed by atoms with E-state index in [1.165, 1.54) is 81.0 Å². The first kappa shape index (κ1) is 26.6. The summed E-state index contributed by atoms with van der Waals surface area (Å²) in [5.41, 5.74) is 13.0. The highest BCUT2D eigenvalue weighted by atomic mass is 32.1. The van der Waals surface area contributed by atoms with Gasteiger partial charge in [0.05, 0.1) is 21.4 Å². The molecule has 0 saturated carbocycles. The lowest BCUT2D eigenvalue weighted by molar-refractivity contribution is 0.669. The maximum Gasteiger partial charge on any atom is 0.135 e. The van der Waals surface area contributed by atoms with Gasteiger partial charge in [-0.1, -0.05) is 90.0 Å². The van der Waals surface area contributed by atoms with Crippen LogP contribution in [0.3, 0.4) is 0 Å². The monoisotopic (exact) mass is 619 g/mol. The predicted octanol–water partition coefficient (Wildman–Crippen LogP) is 13.0. The number of nitrogens with zero attached hydrogens (tertiary/aromatic N) is 1. The Morgan fingerprint density at radius 2 is 1.13 bits per heavy atom. The number of benzene rings is 7. The molecule has 3 heterocycles. The van der Waals surface area contributed by atoms with Crippen molar-refractivity contribution in [1.82, 2.24) is 4.57 Å². The zero-order valence-electron chi connectivity index (χ0n) is 26.0. The van der Waals surface area contributed by atoms with Crippen LogP contribution in [0.25, 0.3) is 91.9 Å². The summed E-state index contributed by atoms with van der Waals surface area (Å²) in [6, 6.07) is 51.0. The minimum absolute atomic E-state index is 0.918. The third-order valence-corrected chi connectivity index (χ3v) is 11.0. The van der Waals surface area contributed by atoms with Crippen LogP contribution in [-0.2, 0) is 0 Å². The molecule has 0 N–H and O–H groups in total.